The number of phosphoric acid groups is 1. The Balaban J connectivity index is 4.36. The maximum absolute atomic E-state index is 12.7. The number of unbranched alkanes of at least 4 members (excludes halogenated alkanes) is 23. The van der Waals surface area contributed by atoms with Gasteiger partial charge in [-0.2, -0.15) is 0 Å². The Morgan fingerprint density at radius 1 is 0.571 bits per heavy atom. The van der Waals surface area contributed by atoms with Crippen LogP contribution in [0.3, 0.4) is 0 Å². The summed E-state index contributed by atoms with van der Waals surface area (Å²) in [4.78, 5) is 46.1. The van der Waals surface area contributed by atoms with Gasteiger partial charge in [0.25, 0.3) is 0 Å². The number of carboxylic acid groups (broad SMARTS) is 1. The highest BCUT2D eigenvalue weighted by Crippen LogP contribution is 2.43. The molecule has 0 saturated heterocycles. The number of phosphoric ester groups is 1. The van der Waals surface area contributed by atoms with Gasteiger partial charge in [-0.3, -0.25) is 23.4 Å². The summed E-state index contributed by atoms with van der Waals surface area (Å²) in [5, 5.41) is 18.8. The van der Waals surface area contributed by atoms with Gasteiger partial charge in [-0.1, -0.05) is 210 Å². The molecule has 0 rings (SSSR count). The van der Waals surface area contributed by atoms with E-state index >= 15 is 0 Å². The molecule has 0 heterocycles. The number of carbonyl (C=O) groups is 3. The summed E-state index contributed by atoms with van der Waals surface area (Å²) in [6.07, 6.45) is 47.9. The Morgan fingerprint density at radius 3 is 1.57 bits per heavy atom. The lowest BCUT2D eigenvalue weighted by Gasteiger charge is -2.20. The molecule has 0 aromatic heterocycles. The summed E-state index contributed by atoms with van der Waals surface area (Å²) in [6.45, 7) is 2.64. The van der Waals surface area contributed by atoms with Crippen molar-refractivity contribution >= 4 is 25.7 Å². The zero-order chi connectivity index (χ0) is 46.5. The summed E-state index contributed by atoms with van der Waals surface area (Å²) in [7, 11) is -4.74. The number of nitrogens with two attached hydrogens (primary N) is 1. The van der Waals surface area contributed by atoms with Crippen LogP contribution in [0.15, 0.2) is 48.6 Å². The van der Waals surface area contributed by atoms with Crippen LogP contribution in [0.25, 0.3) is 0 Å². The number of esters is 2. The molecular formula is C50H90NO11P. The first-order valence-corrected chi connectivity index (χ1v) is 26.3. The van der Waals surface area contributed by atoms with Crippen molar-refractivity contribution in [2.45, 2.75) is 231 Å². The molecule has 0 aromatic rings. The first-order chi connectivity index (χ1) is 30.5. The molecule has 0 fully saturated rings. The van der Waals surface area contributed by atoms with Gasteiger partial charge < -0.3 is 30.3 Å². The van der Waals surface area contributed by atoms with E-state index < -0.39 is 57.2 Å². The molecule has 0 amide bonds. The number of allylic oxidation sites excluding steroid dienone is 7. The van der Waals surface area contributed by atoms with Gasteiger partial charge >= 0.3 is 25.7 Å². The average Bonchev–Trinajstić information content (AvgIpc) is 3.25. The number of ether oxygens (including phenoxy) is 2. The Hall–Kier alpha value is -2.60. The van der Waals surface area contributed by atoms with Gasteiger partial charge in [0.05, 0.1) is 19.3 Å². The zero-order valence-electron chi connectivity index (χ0n) is 39.5. The fourth-order valence-corrected chi connectivity index (χ4v) is 7.54. The Labute approximate surface area is 382 Å². The summed E-state index contributed by atoms with van der Waals surface area (Å²) >= 11 is 0. The Kier molecular flexibility index (Phi) is 42.8. The van der Waals surface area contributed by atoms with Crippen molar-refractivity contribution in [3.8, 4) is 0 Å². The molecule has 1 unspecified atom stereocenters. The molecule has 13 heteroatoms. The van der Waals surface area contributed by atoms with Gasteiger partial charge in [-0.25, -0.2) is 4.57 Å². The van der Waals surface area contributed by atoms with Crippen LogP contribution in [0, 0.1) is 0 Å². The lowest BCUT2D eigenvalue weighted by molar-refractivity contribution is -0.161. The molecule has 366 valence electrons. The summed E-state index contributed by atoms with van der Waals surface area (Å²) in [5.41, 5.74) is 5.34. The molecule has 0 bridgehead atoms. The lowest BCUT2D eigenvalue weighted by Crippen LogP contribution is -2.34. The second-order valence-corrected chi connectivity index (χ2v) is 18.3. The summed E-state index contributed by atoms with van der Waals surface area (Å²) in [6, 6.07) is -1.54. The largest absolute Gasteiger partial charge is 0.480 e. The van der Waals surface area contributed by atoms with Gasteiger partial charge in [0, 0.05) is 12.8 Å². The number of aliphatic hydroxyl groups excluding tert-OH is 1. The van der Waals surface area contributed by atoms with Crippen LogP contribution in [0.5, 0.6) is 0 Å². The summed E-state index contributed by atoms with van der Waals surface area (Å²) in [5.74, 6) is -2.47. The van der Waals surface area contributed by atoms with Gasteiger partial charge in [0.2, 0.25) is 0 Å². The van der Waals surface area contributed by atoms with E-state index in [2.05, 4.69) is 30.5 Å². The second-order valence-electron chi connectivity index (χ2n) is 16.8. The quantitative estimate of drug-likeness (QED) is 0.0149. The number of aliphatic carboxylic acids is 1. The zero-order valence-corrected chi connectivity index (χ0v) is 40.4. The normalized spacial score (nSPS) is 14.5. The van der Waals surface area contributed by atoms with Crippen LogP contribution in [0.1, 0.15) is 213 Å². The Morgan fingerprint density at radius 2 is 1.03 bits per heavy atom. The van der Waals surface area contributed by atoms with Crippen LogP contribution in [0.4, 0.5) is 0 Å². The minimum absolute atomic E-state index is 0.126. The van der Waals surface area contributed by atoms with E-state index in [-0.39, 0.29) is 19.4 Å². The van der Waals surface area contributed by atoms with Crippen molar-refractivity contribution in [2.24, 2.45) is 5.73 Å². The van der Waals surface area contributed by atoms with Gasteiger partial charge in [-0.05, 0) is 38.5 Å². The predicted octanol–water partition coefficient (Wildman–Crippen LogP) is 12.7. The molecule has 0 aliphatic rings. The number of carboxylic acids is 1. The minimum atomic E-state index is -4.74. The van der Waals surface area contributed by atoms with Crippen molar-refractivity contribution in [1.29, 1.82) is 0 Å². The number of hydrogen-bond donors (Lipinski definition) is 4. The maximum Gasteiger partial charge on any atom is 0.472 e. The van der Waals surface area contributed by atoms with Crippen molar-refractivity contribution in [2.75, 3.05) is 19.8 Å². The molecule has 0 radical (unpaired) electrons. The minimum Gasteiger partial charge on any atom is -0.480 e. The van der Waals surface area contributed by atoms with Crippen LogP contribution >= 0.6 is 7.82 Å². The van der Waals surface area contributed by atoms with E-state index in [0.717, 1.165) is 57.8 Å². The standard InChI is InChI=1S/C50H90NO11P/c1-3-5-7-8-9-10-11-12-13-14-15-16-17-18-19-20-23-27-30-33-37-41-49(54)62-46(43-60-63(57,58)61-44-47(51)50(55)56)42-59-48(53)40-36-32-29-26-24-21-22-25-28-31-35-39-45(52)38-34-6-4-2/h21-22,26,28-29,31,35,39,45-47,52H,3-20,23-25,27,30,32-34,36-38,40-44,51H2,1-2H3,(H,55,56)(H,57,58)/b22-21-,29-26-,31-28-,39-35+/t45-,46-,47+/m1/s1. The molecule has 63 heavy (non-hydrogen) atoms. The highest BCUT2D eigenvalue weighted by molar-refractivity contribution is 7.47. The molecule has 0 aliphatic carbocycles. The van der Waals surface area contributed by atoms with Crippen molar-refractivity contribution < 1.29 is 52.6 Å². The Bertz CT molecular complexity index is 1270. The molecule has 0 spiro atoms. The van der Waals surface area contributed by atoms with Crippen LogP contribution < -0.4 is 5.73 Å². The highest BCUT2D eigenvalue weighted by Gasteiger charge is 2.28. The third kappa shape index (κ3) is 44.4. The van der Waals surface area contributed by atoms with Gasteiger partial charge in [-0.15, -0.1) is 0 Å². The molecule has 0 aromatic carbocycles. The molecule has 4 atom stereocenters. The van der Waals surface area contributed by atoms with E-state index in [1.807, 2.05) is 36.5 Å². The highest BCUT2D eigenvalue weighted by atomic mass is 31.2. The molecule has 0 aliphatic heterocycles. The van der Waals surface area contributed by atoms with Crippen molar-refractivity contribution in [3.63, 3.8) is 0 Å². The van der Waals surface area contributed by atoms with E-state index in [9.17, 15) is 28.9 Å². The van der Waals surface area contributed by atoms with Crippen molar-refractivity contribution in [1.82, 2.24) is 0 Å². The topological polar surface area (TPSA) is 192 Å². The SMILES string of the molecule is CCCCCCCCCCCCCCCCCCCCCCCC(=O)O[C@H](COC(=O)CCC/C=C\C/C=C\C/C=C\C=C\[C@H](O)CCCCC)COP(=O)(O)OC[C@H](N)C(=O)O. The maximum atomic E-state index is 12.7. The van der Waals surface area contributed by atoms with Gasteiger partial charge in [0.1, 0.15) is 12.6 Å². The van der Waals surface area contributed by atoms with Crippen molar-refractivity contribution in [3.05, 3.63) is 48.6 Å². The lowest BCUT2D eigenvalue weighted by atomic mass is 10.0. The summed E-state index contributed by atoms with van der Waals surface area (Å²) < 4.78 is 32.7. The van der Waals surface area contributed by atoms with E-state index in [4.69, 9.17) is 24.8 Å². The monoisotopic (exact) mass is 912 g/mol. The third-order valence-electron chi connectivity index (χ3n) is 10.7. The molecule has 0 saturated carbocycles. The number of rotatable bonds is 46. The van der Waals surface area contributed by atoms with Crippen LogP contribution in [0.2, 0.25) is 0 Å². The first kappa shape index (κ1) is 60.4. The van der Waals surface area contributed by atoms with E-state index in [1.54, 1.807) is 0 Å². The van der Waals surface area contributed by atoms with Gasteiger partial charge in [0.15, 0.2) is 6.10 Å². The van der Waals surface area contributed by atoms with Crippen LogP contribution in [-0.2, 0) is 37.5 Å². The fourth-order valence-electron chi connectivity index (χ4n) is 6.76. The number of aliphatic hydroxyl groups is 1. The first-order valence-electron chi connectivity index (χ1n) is 24.8. The number of hydrogen-bond acceptors (Lipinski definition) is 10. The third-order valence-corrected chi connectivity index (χ3v) is 11.6. The van der Waals surface area contributed by atoms with Crippen LogP contribution in [-0.4, -0.2) is 71.1 Å². The number of carbonyl (C=O) groups excluding carboxylic acids is 2. The molecular weight excluding hydrogens is 822 g/mol. The fraction of sp³-hybridized carbons (Fsp3) is 0.780. The van der Waals surface area contributed by atoms with E-state index in [1.165, 1.54) is 109 Å². The van der Waals surface area contributed by atoms with E-state index in [0.29, 0.717) is 19.3 Å². The smallest absolute Gasteiger partial charge is 0.472 e. The second kappa shape index (κ2) is 44.6. The molecule has 5 N–H and O–H groups in total. The average molecular weight is 912 g/mol. The predicted molar refractivity (Wildman–Crippen MR) is 255 cm³/mol. The molecule has 12 nitrogen and oxygen atoms in total.